The molecule has 0 aromatic heterocycles. The molecule has 0 atom stereocenters. The Morgan fingerprint density at radius 2 is 2.06 bits per heavy atom. The van der Waals surface area contributed by atoms with E-state index in [4.69, 9.17) is 5.11 Å². The molecule has 0 saturated heterocycles. The van der Waals surface area contributed by atoms with Crippen LogP contribution in [0.3, 0.4) is 0 Å². The molecule has 1 fully saturated rings. The summed E-state index contributed by atoms with van der Waals surface area (Å²) in [6.07, 6.45) is 4.21. The molecule has 5 nitrogen and oxygen atoms in total. The standard InChI is InChI=1S/C12H22N2O3/c1-12(6-4-7-12)9-13-11(17)14(2)8-3-5-10(15)16/h3-9H2,1-2H3,(H,13,17)(H,15,16). The van der Waals surface area contributed by atoms with Crippen LogP contribution in [0, 0.1) is 5.41 Å². The molecule has 0 heterocycles. The highest BCUT2D eigenvalue weighted by molar-refractivity contribution is 5.74. The topological polar surface area (TPSA) is 69.6 Å². The van der Waals surface area contributed by atoms with E-state index in [1.54, 1.807) is 11.9 Å². The quantitative estimate of drug-likeness (QED) is 0.744. The third-order valence-electron chi connectivity index (χ3n) is 3.46. The Hall–Kier alpha value is -1.26. The van der Waals surface area contributed by atoms with E-state index in [0.717, 1.165) is 6.54 Å². The Morgan fingerprint density at radius 3 is 2.53 bits per heavy atom. The van der Waals surface area contributed by atoms with Crippen molar-refractivity contribution < 1.29 is 14.7 Å². The van der Waals surface area contributed by atoms with Crippen molar-refractivity contribution in [3.8, 4) is 0 Å². The molecule has 5 heteroatoms. The summed E-state index contributed by atoms with van der Waals surface area (Å²) >= 11 is 0. The maximum Gasteiger partial charge on any atom is 0.317 e. The average molecular weight is 242 g/mol. The molecule has 0 bridgehead atoms. The lowest BCUT2D eigenvalue weighted by Gasteiger charge is -2.38. The van der Waals surface area contributed by atoms with Crippen molar-refractivity contribution in [1.29, 1.82) is 0 Å². The summed E-state index contributed by atoms with van der Waals surface area (Å²) < 4.78 is 0. The summed E-state index contributed by atoms with van der Waals surface area (Å²) in [5.41, 5.74) is 0.275. The first kappa shape index (κ1) is 13.8. The molecule has 2 N–H and O–H groups in total. The lowest BCUT2D eigenvalue weighted by Crippen LogP contribution is -2.45. The minimum atomic E-state index is -0.819. The second-order valence-corrected chi connectivity index (χ2v) is 5.24. The fraction of sp³-hybridized carbons (Fsp3) is 0.833. The van der Waals surface area contributed by atoms with Gasteiger partial charge >= 0.3 is 12.0 Å². The number of hydrogen-bond acceptors (Lipinski definition) is 2. The number of carbonyl (C=O) groups excluding carboxylic acids is 1. The fourth-order valence-corrected chi connectivity index (χ4v) is 1.95. The van der Waals surface area contributed by atoms with Gasteiger partial charge < -0.3 is 15.3 Å². The lowest BCUT2D eigenvalue weighted by molar-refractivity contribution is -0.137. The zero-order chi connectivity index (χ0) is 12.9. The highest BCUT2D eigenvalue weighted by Gasteiger charge is 2.32. The zero-order valence-corrected chi connectivity index (χ0v) is 10.7. The van der Waals surface area contributed by atoms with Crippen LogP contribution in [0.25, 0.3) is 0 Å². The minimum absolute atomic E-state index is 0.106. The van der Waals surface area contributed by atoms with Crippen LogP contribution in [0.5, 0.6) is 0 Å². The molecule has 2 amide bonds. The van der Waals surface area contributed by atoms with Gasteiger partial charge in [0.1, 0.15) is 0 Å². The molecule has 0 aliphatic heterocycles. The third-order valence-corrected chi connectivity index (χ3v) is 3.46. The first-order valence-corrected chi connectivity index (χ1v) is 6.14. The molecule has 0 aromatic rings. The number of carbonyl (C=O) groups is 2. The number of hydrogen-bond donors (Lipinski definition) is 2. The molecule has 0 unspecified atom stereocenters. The van der Waals surface area contributed by atoms with Gasteiger partial charge in [0, 0.05) is 26.6 Å². The van der Waals surface area contributed by atoms with Crippen LogP contribution >= 0.6 is 0 Å². The number of rotatable bonds is 6. The maximum atomic E-state index is 11.7. The largest absolute Gasteiger partial charge is 0.481 e. The van der Waals surface area contributed by atoms with E-state index >= 15 is 0 Å². The molecule has 0 spiro atoms. The number of nitrogens with one attached hydrogen (secondary N) is 1. The average Bonchev–Trinajstić information content (AvgIpc) is 2.22. The summed E-state index contributed by atoms with van der Waals surface area (Å²) in [6, 6.07) is -0.108. The van der Waals surface area contributed by atoms with Gasteiger partial charge in [0.05, 0.1) is 0 Å². The van der Waals surface area contributed by atoms with E-state index in [2.05, 4.69) is 12.2 Å². The minimum Gasteiger partial charge on any atom is -0.481 e. The molecular formula is C12H22N2O3. The smallest absolute Gasteiger partial charge is 0.317 e. The number of carboxylic acids is 1. The van der Waals surface area contributed by atoms with Crippen molar-refractivity contribution in [2.45, 2.75) is 39.0 Å². The van der Waals surface area contributed by atoms with E-state index in [0.29, 0.717) is 13.0 Å². The van der Waals surface area contributed by atoms with Gasteiger partial charge in [0.2, 0.25) is 0 Å². The molecule has 1 aliphatic carbocycles. The summed E-state index contributed by atoms with van der Waals surface area (Å²) in [5, 5.41) is 11.4. The van der Waals surface area contributed by atoms with Crippen LogP contribution in [0.1, 0.15) is 39.0 Å². The number of carboxylic acid groups (broad SMARTS) is 1. The maximum absolute atomic E-state index is 11.7. The Kier molecular flexibility index (Phi) is 4.78. The first-order chi connectivity index (χ1) is 7.93. The molecule has 1 aliphatic rings. The monoisotopic (exact) mass is 242 g/mol. The molecule has 0 radical (unpaired) electrons. The molecule has 1 rings (SSSR count). The van der Waals surface area contributed by atoms with Crippen LogP contribution in [-0.2, 0) is 4.79 Å². The highest BCUT2D eigenvalue weighted by Crippen LogP contribution is 2.39. The van der Waals surface area contributed by atoms with Gasteiger partial charge in [-0.2, -0.15) is 0 Å². The Morgan fingerprint density at radius 1 is 1.41 bits per heavy atom. The zero-order valence-electron chi connectivity index (χ0n) is 10.7. The van der Waals surface area contributed by atoms with E-state index < -0.39 is 5.97 Å². The number of aliphatic carboxylic acids is 1. The van der Waals surface area contributed by atoms with Crippen molar-refractivity contribution in [3.63, 3.8) is 0 Å². The third kappa shape index (κ3) is 4.63. The Labute approximate surface area is 102 Å². The van der Waals surface area contributed by atoms with Crippen LogP contribution in [-0.4, -0.2) is 42.1 Å². The van der Waals surface area contributed by atoms with Gasteiger partial charge in [-0.25, -0.2) is 4.79 Å². The van der Waals surface area contributed by atoms with Crippen LogP contribution in [0.2, 0.25) is 0 Å². The number of urea groups is 1. The van der Waals surface area contributed by atoms with Crippen LogP contribution in [0.15, 0.2) is 0 Å². The van der Waals surface area contributed by atoms with E-state index in [-0.39, 0.29) is 17.9 Å². The van der Waals surface area contributed by atoms with E-state index in [1.165, 1.54) is 19.3 Å². The van der Waals surface area contributed by atoms with Gasteiger partial charge in [0.25, 0.3) is 0 Å². The molecule has 98 valence electrons. The first-order valence-electron chi connectivity index (χ1n) is 6.14. The van der Waals surface area contributed by atoms with E-state index in [9.17, 15) is 9.59 Å². The van der Waals surface area contributed by atoms with Crippen molar-refractivity contribution in [2.24, 2.45) is 5.41 Å². The summed E-state index contributed by atoms with van der Waals surface area (Å²) in [6.45, 7) is 3.38. The predicted molar refractivity (Wildman–Crippen MR) is 64.9 cm³/mol. The van der Waals surface area contributed by atoms with Crippen molar-refractivity contribution in [1.82, 2.24) is 10.2 Å². The highest BCUT2D eigenvalue weighted by atomic mass is 16.4. The molecule has 17 heavy (non-hydrogen) atoms. The summed E-state index contributed by atoms with van der Waals surface area (Å²) in [7, 11) is 1.69. The fourth-order valence-electron chi connectivity index (χ4n) is 1.95. The second-order valence-electron chi connectivity index (χ2n) is 5.24. The normalized spacial score (nSPS) is 17.1. The summed E-state index contributed by atoms with van der Waals surface area (Å²) in [4.78, 5) is 23.6. The van der Waals surface area contributed by atoms with Crippen molar-refractivity contribution in [3.05, 3.63) is 0 Å². The van der Waals surface area contributed by atoms with Gasteiger partial charge in [0.15, 0.2) is 0 Å². The molecule has 0 aromatic carbocycles. The molecular weight excluding hydrogens is 220 g/mol. The van der Waals surface area contributed by atoms with E-state index in [1.807, 2.05) is 0 Å². The second kappa shape index (κ2) is 5.89. The van der Waals surface area contributed by atoms with Gasteiger partial charge in [-0.05, 0) is 24.7 Å². The number of amides is 2. The SMILES string of the molecule is CN(CCCC(=O)O)C(=O)NCC1(C)CCC1. The Bertz CT molecular complexity index is 287. The lowest BCUT2D eigenvalue weighted by atomic mass is 9.70. The van der Waals surface area contributed by atoms with Crippen LogP contribution < -0.4 is 5.32 Å². The van der Waals surface area contributed by atoms with Gasteiger partial charge in [-0.1, -0.05) is 13.3 Å². The number of nitrogens with zero attached hydrogens (tertiary/aromatic N) is 1. The predicted octanol–water partition coefficient (Wildman–Crippen LogP) is 1.68. The molecule has 1 saturated carbocycles. The Balaban J connectivity index is 2.15. The summed E-state index contributed by atoms with van der Waals surface area (Å²) in [5.74, 6) is -0.819. The van der Waals surface area contributed by atoms with Crippen molar-refractivity contribution >= 4 is 12.0 Å². The van der Waals surface area contributed by atoms with Gasteiger partial charge in [-0.3, -0.25) is 4.79 Å². The van der Waals surface area contributed by atoms with Gasteiger partial charge in [-0.15, -0.1) is 0 Å². The van der Waals surface area contributed by atoms with Crippen LogP contribution in [0.4, 0.5) is 4.79 Å². The van der Waals surface area contributed by atoms with Crippen molar-refractivity contribution in [2.75, 3.05) is 20.1 Å².